The number of pyridine rings is 1. The zero-order valence-corrected chi connectivity index (χ0v) is 23.8. The van der Waals surface area contributed by atoms with Gasteiger partial charge in [-0.1, -0.05) is 36.4 Å². The van der Waals surface area contributed by atoms with Crippen molar-refractivity contribution in [1.29, 1.82) is 0 Å². The summed E-state index contributed by atoms with van der Waals surface area (Å²) in [6.45, 7) is 9.23. The van der Waals surface area contributed by atoms with Crippen LogP contribution >= 0.6 is 23.5 Å². The molecule has 4 N–H and O–H groups in total. The van der Waals surface area contributed by atoms with Crippen LogP contribution in [0.4, 0.5) is 24.7 Å². The van der Waals surface area contributed by atoms with Gasteiger partial charge in [-0.3, -0.25) is 0 Å². The van der Waals surface area contributed by atoms with Crippen LogP contribution in [-0.2, 0) is 12.6 Å². The molecule has 0 atom stereocenters. The quantitative estimate of drug-likeness (QED) is 0.133. The number of piperazine rings is 1. The van der Waals surface area contributed by atoms with Crippen molar-refractivity contribution in [1.82, 2.24) is 14.6 Å². The summed E-state index contributed by atoms with van der Waals surface area (Å²) in [7, 11) is 0. The molecule has 1 fully saturated rings. The van der Waals surface area contributed by atoms with Crippen molar-refractivity contribution >= 4 is 40.8 Å². The minimum absolute atomic E-state index is 0.155. The van der Waals surface area contributed by atoms with Gasteiger partial charge in [-0.2, -0.15) is 13.2 Å². The highest BCUT2D eigenvalue weighted by atomic mass is 35.5. The Labute approximate surface area is 242 Å². The third-order valence-electron chi connectivity index (χ3n) is 6.48. The Balaban J connectivity index is 1.26. The number of hydrogen-bond acceptors (Lipinski definition) is 7. The number of halogens is 4. The Bertz CT molecular complexity index is 1260. The second kappa shape index (κ2) is 14.2. The van der Waals surface area contributed by atoms with Gasteiger partial charge in [0.25, 0.3) is 0 Å². The van der Waals surface area contributed by atoms with Gasteiger partial charge in [0.2, 0.25) is 0 Å². The van der Waals surface area contributed by atoms with Gasteiger partial charge < -0.3 is 21.3 Å². The van der Waals surface area contributed by atoms with E-state index < -0.39 is 11.7 Å². The number of benzene rings is 2. The first-order chi connectivity index (χ1) is 19.2. The van der Waals surface area contributed by atoms with Crippen LogP contribution in [0.25, 0.3) is 5.70 Å². The molecule has 1 saturated heterocycles. The lowest BCUT2D eigenvalue weighted by molar-refractivity contribution is -0.137. The van der Waals surface area contributed by atoms with Crippen LogP contribution in [0, 0.1) is 0 Å². The minimum atomic E-state index is -4.46. The molecule has 0 radical (unpaired) electrons. The number of nitrogens with one attached hydrogen (secondary N) is 2. The van der Waals surface area contributed by atoms with Crippen LogP contribution in [0.3, 0.4) is 0 Å². The van der Waals surface area contributed by atoms with Crippen molar-refractivity contribution in [2.75, 3.05) is 56.0 Å². The van der Waals surface area contributed by atoms with Gasteiger partial charge in [-0.25, -0.2) is 9.29 Å². The molecule has 0 aliphatic carbocycles. The first-order valence-corrected chi connectivity index (χ1v) is 14.3. The number of rotatable bonds is 12. The molecule has 214 valence electrons. The van der Waals surface area contributed by atoms with Crippen LogP contribution in [0.1, 0.15) is 23.1 Å². The van der Waals surface area contributed by atoms with E-state index in [0.29, 0.717) is 32.7 Å². The van der Waals surface area contributed by atoms with Crippen molar-refractivity contribution in [3.63, 3.8) is 0 Å². The molecule has 40 heavy (non-hydrogen) atoms. The van der Waals surface area contributed by atoms with Crippen molar-refractivity contribution in [2.45, 2.75) is 23.9 Å². The molecule has 0 saturated carbocycles. The summed E-state index contributed by atoms with van der Waals surface area (Å²) in [5, 5.41) is 6.64. The second-order valence-electron chi connectivity index (χ2n) is 9.51. The Hall–Kier alpha value is -2.76. The van der Waals surface area contributed by atoms with Crippen molar-refractivity contribution in [2.24, 2.45) is 5.73 Å². The Morgan fingerprint density at radius 2 is 1.77 bits per heavy atom. The number of hydrogen-bond donors (Lipinski definition) is 3. The summed E-state index contributed by atoms with van der Waals surface area (Å²) >= 11 is 7.49. The largest absolute Gasteiger partial charge is 0.416 e. The number of nitrogens with zero attached hydrogens (tertiary/aromatic N) is 3. The fourth-order valence-corrected chi connectivity index (χ4v) is 5.42. The van der Waals surface area contributed by atoms with Crippen molar-refractivity contribution in [3.8, 4) is 0 Å². The molecule has 4 rings (SSSR count). The molecule has 0 bridgehead atoms. The smallest absolute Gasteiger partial charge is 0.356 e. The van der Waals surface area contributed by atoms with Gasteiger partial charge >= 0.3 is 6.18 Å². The topological polar surface area (TPSA) is 69.5 Å². The van der Waals surface area contributed by atoms with Crippen LogP contribution in [0.5, 0.6) is 0 Å². The van der Waals surface area contributed by atoms with Gasteiger partial charge in [0.1, 0.15) is 11.0 Å². The first kappa shape index (κ1) is 30.2. The highest BCUT2D eigenvalue weighted by molar-refractivity contribution is 7.97. The Morgan fingerprint density at radius 3 is 2.48 bits per heavy atom. The first-order valence-electron chi connectivity index (χ1n) is 13.2. The van der Waals surface area contributed by atoms with Crippen LogP contribution in [0.2, 0.25) is 5.15 Å². The van der Waals surface area contributed by atoms with Crippen LogP contribution in [-0.4, -0.2) is 55.1 Å². The van der Waals surface area contributed by atoms with Gasteiger partial charge in [-0.15, -0.1) is 0 Å². The SMILES string of the molecule is C=C(Nc1ccc(SN2CCN(c3cc(C(F)(F)F)cc(Cl)n3)CC2)cc1)c1cccc(CCNCCCN)c1. The standard InChI is InChI=1S/C29H34ClF3N6S/c1-21(23-5-2-4-22(18-23)10-13-35-12-3-11-34)36-25-6-8-26(9-7-25)40-39-16-14-38(15-17-39)28-20-24(29(31,32)33)19-27(30)37-28/h2,4-9,18-20,35-36H,1,3,10-17,34H2. The summed E-state index contributed by atoms with van der Waals surface area (Å²) < 4.78 is 41.7. The lowest BCUT2D eigenvalue weighted by atomic mass is 10.1. The van der Waals surface area contributed by atoms with Gasteiger partial charge in [0.15, 0.2) is 0 Å². The molecule has 11 heteroatoms. The molecule has 0 amide bonds. The number of nitrogens with two attached hydrogens (primary N) is 1. The third kappa shape index (κ3) is 8.87. The van der Waals surface area contributed by atoms with E-state index in [1.54, 1.807) is 11.9 Å². The molecule has 2 aromatic carbocycles. The molecule has 1 aromatic heterocycles. The summed E-state index contributed by atoms with van der Waals surface area (Å²) in [6, 6.07) is 18.4. The van der Waals surface area contributed by atoms with E-state index in [2.05, 4.69) is 44.7 Å². The third-order valence-corrected chi connectivity index (χ3v) is 7.78. The highest BCUT2D eigenvalue weighted by Crippen LogP contribution is 2.34. The van der Waals surface area contributed by atoms with E-state index in [0.717, 1.165) is 59.9 Å². The average Bonchev–Trinajstić information content (AvgIpc) is 2.94. The fourth-order valence-electron chi connectivity index (χ4n) is 4.31. The van der Waals surface area contributed by atoms with E-state index in [1.807, 2.05) is 35.2 Å². The lowest BCUT2D eigenvalue weighted by Gasteiger charge is -2.34. The van der Waals surface area contributed by atoms with E-state index >= 15 is 0 Å². The van der Waals surface area contributed by atoms with Crippen molar-refractivity contribution in [3.05, 3.63) is 89.1 Å². The predicted molar refractivity (Wildman–Crippen MR) is 160 cm³/mol. The summed E-state index contributed by atoms with van der Waals surface area (Å²) in [4.78, 5) is 7.02. The minimum Gasteiger partial charge on any atom is -0.356 e. The zero-order valence-electron chi connectivity index (χ0n) is 22.2. The van der Waals surface area contributed by atoms with E-state index in [-0.39, 0.29) is 11.0 Å². The van der Waals surface area contributed by atoms with Crippen LogP contribution < -0.4 is 21.3 Å². The van der Waals surface area contributed by atoms with Crippen LogP contribution in [0.15, 0.2) is 72.1 Å². The second-order valence-corrected chi connectivity index (χ2v) is 11.1. The average molecular weight is 591 g/mol. The van der Waals surface area contributed by atoms with Gasteiger partial charge in [0, 0.05) is 42.5 Å². The van der Waals surface area contributed by atoms with E-state index in [1.165, 1.54) is 5.56 Å². The van der Waals surface area contributed by atoms with Gasteiger partial charge in [0.05, 0.1) is 5.56 Å². The lowest BCUT2D eigenvalue weighted by Crippen LogP contribution is -2.43. The number of alkyl halides is 3. The maximum Gasteiger partial charge on any atom is 0.416 e. The maximum atomic E-state index is 13.2. The molecule has 1 aliphatic heterocycles. The molecule has 6 nitrogen and oxygen atoms in total. The van der Waals surface area contributed by atoms with Crippen molar-refractivity contribution < 1.29 is 13.2 Å². The molecular weight excluding hydrogens is 557 g/mol. The van der Waals surface area contributed by atoms with Gasteiger partial charge in [-0.05, 0) is 98.0 Å². The Kier molecular flexibility index (Phi) is 10.7. The normalized spacial score (nSPS) is 14.4. The highest BCUT2D eigenvalue weighted by Gasteiger charge is 2.32. The maximum absolute atomic E-state index is 13.2. The molecule has 3 aromatic rings. The number of aromatic nitrogens is 1. The zero-order chi connectivity index (χ0) is 28.5. The van der Waals surface area contributed by atoms with E-state index in [9.17, 15) is 13.2 Å². The molecule has 0 unspecified atom stereocenters. The molecule has 1 aliphatic rings. The van der Waals surface area contributed by atoms with E-state index in [4.69, 9.17) is 17.3 Å². The fraction of sp³-hybridized carbons (Fsp3) is 0.345. The predicted octanol–water partition coefficient (Wildman–Crippen LogP) is 6.15. The number of anilines is 2. The summed E-state index contributed by atoms with van der Waals surface area (Å²) in [5.41, 5.74) is 8.83. The Morgan fingerprint density at radius 1 is 1.02 bits per heavy atom. The monoisotopic (exact) mass is 590 g/mol. The molecular formula is C29H34ClF3N6S. The summed E-state index contributed by atoms with van der Waals surface area (Å²) in [6.07, 6.45) is -2.54. The molecule has 0 spiro atoms. The molecule has 2 heterocycles. The summed E-state index contributed by atoms with van der Waals surface area (Å²) in [5.74, 6) is 0.254.